The molecule has 0 unspecified atom stereocenters. The number of carbonyl (C=O) groups is 2. The van der Waals surface area contributed by atoms with Gasteiger partial charge in [-0.05, 0) is 30.2 Å². The van der Waals surface area contributed by atoms with E-state index in [0.29, 0.717) is 11.4 Å². The van der Waals surface area contributed by atoms with Crippen molar-refractivity contribution >= 4 is 17.6 Å². The van der Waals surface area contributed by atoms with E-state index in [0.717, 1.165) is 5.69 Å². The lowest BCUT2D eigenvalue weighted by Gasteiger charge is -2.10. The number of carboxylic acid groups (broad SMARTS) is 1. The van der Waals surface area contributed by atoms with Crippen LogP contribution in [0.3, 0.4) is 0 Å². The topological polar surface area (TPSA) is 93.5 Å². The standard InChI is InChI=1S/C16H19N3O4/c1-9(2)13-8-12(18-19(13)3)15(20)17-11-6-5-10(16(21)22)7-14(11)23-4/h5-9H,1-4H3,(H,17,20)(H,21,22). The zero-order valence-corrected chi connectivity index (χ0v) is 13.5. The van der Waals surface area contributed by atoms with Gasteiger partial charge in [-0.3, -0.25) is 9.48 Å². The van der Waals surface area contributed by atoms with Gasteiger partial charge in [-0.2, -0.15) is 5.10 Å². The van der Waals surface area contributed by atoms with Crippen LogP contribution in [0.15, 0.2) is 24.3 Å². The summed E-state index contributed by atoms with van der Waals surface area (Å²) in [7, 11) is 3.20. The number of anilines is 1. The molecule has 1 aromatic heterocycles. The van der Waals surface area contributed by atoms with Crippen molar-refractivity contribution in [2.75, 3.05) is 12.4 Å². The Balaban J connectivity index is 2.26. The molecule has 122 valence electrons. The van der Waals surface area contributed by atoms with Gasteiger partial charge in [0.1, 0.15) is 5.75 Å². The molecule has 0 saturated heterocycles. The van der Waals surface area contributed by atoms with E-state index in [1.165, 1.54) is 25.3 Å². The SMILES string of the molecule is COc1cc(C(=O)O)ccc1NC(=O)c1cc(C(C)C)n(C)n1. The Labute approximate surface area is 133 Å². The quantitative estimate of drug-likeness (QED) is 0.883. The molecule has 0 radical (unpaired) electrons. The number of hydrogen-bond acceptors (Lipinski definition) is 4. The molecule has 0 atom stereocenters. The number of carbonyl (C=O) groups excluding carboxylic acids is 1. The van der Waals surface area contributed by atoms with Gasteiger partial charge in [-0.25, -0.2) is 4.79 Å². The van der Waals surface area contributed by atoms with Crippen LogP contribution in [-0.4, -0.2) is 33.9 Å². The van der Waals surface area contributed by atoms with E-state index in [1.54, 1.807) is 17.8 Å². The zero-order chi connectivity index (χ0) is 17.1. The molecule has 0 fully saturated rings. The van der Waals surface area contributed by atoms with E-state index >= 15 is 0 Å². The fourth-order valence-electron chi connectivity index (χ4n) is 2.25. The number of amides is 1. The summed E-state index contributed by atoms with van der Waals surface area (Å²) in [6.45, 7) is 4.04. The van der Waals surface area contributed by atoms with Crippen LogP contribution in [0.2, 0.25) is 0 Å². The second kappa shape index (κ2) is 6.51. The molecule has 0 bridgehead atoms. The fourth-order valence-corrected chi connectivity index (χ4v) is 2.25. The van der Waals surface area contributed by atoms with Crippen molar-refractivity contribution in [1.82, 2.24) is 9.78 Å². The van der Waals surface area contributed by atoms with Gasteiger partial charge in [-0.15, -0.1) is 0 Å². The van der Waals surface area contributed by atoms with Crippen LogP contribution in [0.5, 0.6) is 5.75 Å². The van der Waals surface area contributed by atoms with Gasteiger partial charge in [0.25, 0.3) is 5.91 Å². The maximum absolute atomic E-state index is 12.3. The number of aromatic nitrogens is 2. The highest BCUT2D eigenvalue weighted by molar-refractivity contribution is 6.04. The molecule has 1 amide bonds. The minimum atomic E-state index is -1.06. The van der Waals surface area contributed by atoms with Crippen molar-refractivity contribution in [2.45, 2.75) is 19.8 Å². The molecule has 0 aliphatic heterocycles. The van der Waals surface area contributed by atoms with E-state index in [4.69, 9.17) is 9.84 Å². The van der Waals surface area contributed by atoms with E-state index in [2.05, 4.69) is 10.4 Å². The van der Waals surface area contributed by atoms with E-state index in [9.17, 15) is 9.59 Å². The van der Waals surface area contributed by atoms with Crippen LogP contribution in [0, 0.1) is 0 Å². The summed E-state index contributed by atoms with van der Waals surface area (Å²) in [6.07, 6.45) is 0. The Kier molecular flexibility index (Phi) is 4.68. The van der Waals surface area contributed by atoms with Crippen LogP contribution in [0.25, 0.3) is 0 Å². The Hall–Kier alpha value is -2.83. The molecular formula is C16H19N3O4. The van der Waals surface area contributed by atoms with Crippen molar-refractivity contribution in [3.05, 3.63) is 41.2 Å². The van der Waals surface area contributed by atoms with Crippen molar-refractivity contribution in [1.29, 1.82) is 0 Å². The molecule has 7 nitrogen and oxygen atoms in total. The maximum atomic E-state index is 12.3. The highest BCUT2D eigenvalue weighted by Gasteiger charge is 2.17. The number of aryl methyl sites for hydroxylation is 1. The van der Waals surface area contributed by atoms with Crippen molar-refractivity contribution in [3.8, 4) is 5.75 Å². The lowest BCUT2D eigenvalue weighted by Crippen LogP contribution is -2.14. The number of aromatic carboxylic acids is 1. The Morgan fingerprint density at radius 1 is 1.30 bits per heavy atom. The summed E-state index contributed by atoms with van der Waals surface area (Å²) >= 11 is 0. The molecular weight excluding hydrogens is 298 g/mol. The molecule has 0 aliphatic carbocycles. The van der Waals surface area contributed by atoms with E-state index in [-0.39, 0.29) is 23.1 Å². The Morgan fingerprint density at radius 3 is 2.52 bits per heavy atom. The number of hydrogen-bond donors (Lipinski definition) is 2. The van der Waals surface area contributed by atoms with Crippen LogP contribution in [0.4, 0.5) is 5.69 Å². The number of benzene rings is 1. The lowest BCUT2D eigenvalue weighted by molar-refractivity contribution is 0.0696. The first-order chi connectivity index (χ1) is 10.8. The van der Waals surface area contributed by atoms with Crippen LogP contribution < -0.4 is 10.1 Å². The van der Waals surface area contributed by atoms with Gasteiger partial charge in [-0.1, -0.05) is 13.8 Å². The summed E-state index contributed by atoms with van der Waals surface area (Å²) in [5.41, 5.74) is 1.71. The van der Waals surface area contributed by atoms with Gasteiger partial charge in [0.2, 0.25) is 0 Å². The summed E-state index contributed by atoms with van der Waals surface area (Å²) < 4.78 is 6.81. The molecule has 0 saturated carbocycles. The molecule has 0 spiro atoms. The summed E-state index contributed by atoms with van der Waals surface area (Å²) in [5, 5.41) is 15.9. The van der Waals surface area contributed by atoms with Crippen molar-refractivity contribution in [2.24, 2.45) is 7.05 Å². The first-order valence-corrected chi connectivity index (χ1v) is 7.10. The monoisotopic (exact) mass is 317 g/mol. The first kappa shape index (κ1) is 16.5. The Morgan fingerprint density at radius 2 is 2.00 bits per heavy atom. The molecule has 0 aliphatic rings. The highest BCUT2D eigenvalue weighted by atomic mass is 16.5. The largest absolute Gasteiger partial charge is 0.495 e. The first-order valence-electron chi connectivity index (χ1n) is 7.10. The van der Waals surface area contributed by atoms with Crippen molar-refractivity contribution in [3.63, 3.8) is 0 Å². The minimum absolute atomic E-state index is 0.0831. The highest BCUT2D eigenvalue weighted by Crippen LogP contribution is 2.26. The van der Waals surface area contributed by atoms with Gasteiger partial charge < -0.3 is 15.2 Å². The van der Waals surface area contributed by atoms with Gasteiger partial charge >= 0.3 is 5.97 Å². The second-order valence-corrected chi connectivity index (χ2v) is 5.41. The smallest absolute Gasteiger partial charge is 0.335 e. The lowest BCUT2D eigenvalue weighted by atomic mass is 10.1. The number of ether oxygens (including phenoxy) is 1. The number of methoxy groups -OCH3 is 1. The average Bonchev–Trinajstić information content (AvgIpc) is 2.89. The number of carboxylic acids is 1. The third-order valence-electron chi connectivity index (χ3n) is 3.44. The summed E-state index contributed by atoms with van der Waals surface area (Å²) in [4.78, 5) is 23.3. The molecule has 2 N–H and O–H groups in total. The minimum Gasteiger partial charge on any atom is -0.495 e. The predicted octanol–water partition coefficient (Wildman–Crippen LogP) is 2.50. The third kappa shape index (κ3) is 3.50. The Bertz CT molecular complexity index is 750. The van der Waals surface area contributed by atoms with Gasteiger partial charge in [0.05, 0.1) is 18.4 Å². The van der Waals surface area contributed by atoms with Crippen LogP contribution in [-0.2, 0) is 7.05 Å². The molecule has 1 aromatic carbocycles. The maximum Gasteiger partial charge on any atom is 0.335 e. The van der Waals surface area contributed by atoms with E-state index in [1.807, 2.05) is 13.8 Å². The van der Waals surface area contributed by atoms with Gasteiger partial charge in [0.15, 0.2) is 5.69 Å². The molecule has 2 aromatic rings. The number of nitrogens with zero attached hydrogens (tertiary/aromatic N) is 2. The molecule has 23 heavy (non-hydrogen) atoms. The fraction of sp³-hybridized carbons (Fsp3) is 0.312. The molecule has 1 heterocycles. The third-order valence-corrected chi connectivity index (χ3v) is 3.44. The molecule has 2 rings (SSSR count). The van der Waals surface area contributed by atoms with Crippen LogP contribution in [0.1, 0.15) is 46.3 Å². The van der Waals surface area contributed by atoms with E-state index < -0.39 is 5.97 Å². The summed E-state index contributed by atoms with van der Waals surface area (Å²) in [6, 6.07) is 5.99. The zero-order valence-electron chi connectivity index (χ0n) is 13.5. The van der Waals surface area contributed by atoms with Crippen molar-refractivity contribution < 1.29 is 19.4 Å². The number of rotatable bonds is 5. The average molecular weight is 317 g/mol. The normalized spacial score (nSPS) is 10.7. The van der Waals surface area contributed by atoms with Crippen LogP contribution >= 0.6 is 0 Å². The predicted molar refractivity (Wildman–Crippen MR) is 85.2 cm³/mol. The summed E-state index contributed by atoms with van der Waals surface area (Å²) in [5.74, 6) is -0.918. The number of nitrogens with one attached hydrogen (secondary N) is 1. The second-order valence-electron chi connectivity index (χ2n) is 5.41. The molecule has 7 heteroatoms. The van der Waals surface area contributed by atoms with Gasteiger partial charge in [0, 0.05) is 12.7 Å².